The molecule has 0 spiro atoms. The number of halogens is 1. The molecule has 0 amide bonds. The lowest BCUT2D eigenvalue weighted by Gasteiger charge is -2.11. The molecule has 3 nitrogen and oxygen atoms in total. The van der Waals surface area contributed by atoms with Crippen molar-refractivity contribution in [3.63, 3.8) is 0 Å². The second kappa shape index (κ2) is 7.90. The standard InChI is InChI=1S/C26H22FNO2Si/c1-31(2,3)13-12-18-16-24(19-9-11-26(30)22(27)15-19)28-23-10-8-17(14-21(18)23)20-6-4-5-7-25(20)29/h4-11,14-16,29-30H,1-3H3. The summed E-state index contributed by atoms with van der Waals surface area (Å²) in [5.74, 6) is 2.45. The minimum Gasteiger partial charge on any atom is -0.507 e. The number of rotatable bonds is 2. The van der Waals surface area contributed by atoms with E-state index in [9.17, 15) is 14.6 Å². The number of phenols is 2. The third-order valence-electron chi connectivity index (χ3n) is 4.84. The van der Waals surface area contributed by atoms with Gasteiger partial charge in [-0.25, -0.2) is 9.37 Å². The molecule has 1 heterocycles. The first-order valence-electron chi connectivity index (χ1n) is 9.96. The van der Waals surface area contributed by atoms with Crippen molar-refractivity contribution in [2.75, 3.05) is 0 Å². The van der Waals surface area contributed by atoms with E-state index < -0.39 is 19.6 Å². The Hall–Kier alpha value is -3.62. The molecule has 1 aromatic heterocycles. The van der Waals surface area contributed by atoms with Gasteiger partial charge in [0.05, 0.1) is 11.2 Å². The Bertz CT molecular complexity index is 1360. The average Bonchev–Trinajstić information content (AvgIpc) is 2.73. The third kappa shape index (κ3) is 4.45. The van der Waals surface area contributed by atoms with E-state index in [2.05, 4.69) is 31.1 Å². The molecule has 2 N–H and O–H groups in total. The maximum atomic E-state index is 13.9. The van der Waals surface area contributed by atoms with Crippen LogP contribution in [0.3, 0.4) is 0 Å². The molecule has 3 aromatic carbocycles. The highest BCUT2D eigenvalue weighted by atomic mass is 28.3. The number of pyridine rings is 1. The van der Waals surface area contributed by atoms with Gasteiger partial charge in [-0.3, -0.25) is 0 Å². The fourth-order valence-electron chi connectivity index (χ4n) is 3.28. The normalized spacial score (nSPS) is 11.2. The predicted octanol–water partition coefficient (Wildman–Crippen LogP) is 6.35. The fraction of sp³-hybridized carbons (Fsp3) is 0.115. The second-order valence-electron chi connectivity index (χ2n) is 8.47. The summed E-state index contributed by atoms with van der Waals surface area (Å²) in [6, 6.07) is 19.1. The summed E-state index contributed by atoms with van der Waals surface area (Å²) >= 11 is 0. The monoisotopic (exact) mass is 427 g/mol. The van der Waals surface area contributed by atoms with E-state index in [-0.39, 0.29) is 5.75 Å². The molecule has 0 aliphatic rings. The van der Waals surface area contributed by atoms with E-state index in [1.165, 1.54) is 12.1 Å². The maximum absolute atomic E-state index is 13.9. The molecule has 4 aromatic rings. The maximum Gasteiger partial charge on any atom is 0.165 e. The molecular formula is C26H22FNO2Si. The molecule has 5 heteroatoms. The SMILES string of the molecule is C[Si](C)(C)C#Cc1cc(-c2ccc(O)c(F)c2)nc2ccc(-c3ccccc3O)cc12. The van der Waals surface area contributed by atoms with Crippen LogP contribution in [0.1, 0.15) is 5.56 Å². The Labute approximate surface area is 181 Å². The molecule has 0 aliphatic heterocycles. The number of fused-ring (bicyclic) bond motifs is 1. The van der Waals surface area contributed by atoms with Gasteiger partial charge in [0.25, 0.3) is 0 Å². The molecule has 0 saturated heterocycles. The summed E-state index contributed by atoms with van der Waals surface area (Å²) in [5.41, 5.74) is 7.68. The molecule has 31 heavy (non-hydrogen) atoms. The Balaban J connectivity index is 1.95. The molecule has 0 unspecified atom stereocenters. The first-order chi connectivity index (χ1) is 14.7. The van der Waals surface area contributed by atoms with Gasteiger partial charge in [-0.1, -0.05) is 49.8 Å². The number of hydrogen-bond acceptors (Lipinski definition) is 3. The molecule has 0 atom stereocenters. The molecule has 0 aliphatic carbocycles. The molecular weight excluding hydrogens is 405 g/mol. The number of para-hydroxylation sites is 1. The van der Waals surface area contributed by atoms with Gasteiger partial charge in [-0.15, -0.1) is 5.54 Å². The first-order valence-corrected chi connectivity index (χ1v) is 13.5. The number of benzene rings is 3. The van der Waals surface area contributed by atoms with Gasteiger partial charge in [0.15, 0.2) is 11.6 Å². The zero-order chi connectivity index (χ0) is 22.2. The number of aromatic hydroxyl groups is 2. The van der Waals surface area contributed by atoms with Gasteiger partial charge in [-0.05, 0) is 48.0 Å². The summed E-state index contributed by atoms with van der Waals surface area (Å²) in [6.45, 7) is 6.52. The predicted molar refractivity (Wildman–Crippen MR) is 126 cm³/mol. The van der Waals surface area contributed by atoms with Crippen LogP contribution in [0.2, 0.25) is 19.6 Å². The van der Waals surface area contributed by atoms with Crippen LogP contribution in [0.5, 0.6) is 11.5 Å². The second-order valence-corrected chi connectivity index (χ2v) is 13.2. The van der Waals surface area contributed by atoms with Crippen molar-refractivity contribution in [3.05, 3.63) is 78.1 Å². The molecule has 4 rings (SSSR count). The van der Waals surface area contributed by atoms with Crippen molar-refractivity contribution in [1.29, 1.82) is 0 Å². The number of nitrogens with zero attached hydrogens (tertiary/aromatic N) is 1. The van der Waals surface area contributed by atoms with Gasteiger partial charge in [0.1, 0.15) is 13.8 Å². The van der Waals surface area contributed by atoms with Crippen LogP contribution in [-0.2, 0) is 0 Å². The highest BCUT2D eigenvalue weighted by Gasteiger charge is 2.13. The lowest BCUT2D eigenvalue weighted by Crippen LogP contribution is -2.16. The Morgan fingerprint density at radius 2 is 1.58 bits per heavy atom. The quantitative estimate of drug-likeness (QED) is 0.290. The van der Waals surface area contributed by atoms with E-state index in [1.807, 2.05) is 36.4 Å². The van der Waals surface area contributed by atoms with E-state index in [0.29, 0.717) is 11.3 Å². The number of hydrogen-bond donors (Lipinski definition) is 2. The Morgan fingerprint density at radius 1 is 0.839 bits per heavy atom. The minimum absolute atomic E-state index is 0.209. The van der Waals surface area contributed by atoms with Crippen LogP contribution in [0.15, 0.2) is 66.7 Å². The zero-order valence-corrected chi connectivity index (χ0v) is 18.6. The highest BCUT2D eigenvalue weighted by Crippen LogP contribution is 2.33. The van der Waals surface area contributed by atoms with Crippen molar-refractivity contribution < 1.29 is 14.6 Å². The van der Waals surface area contributed by atoms with E-state index >= 15 is 0 Å². The molecule has 154 valence electrons. The fourth-order valence-corrected chi connectivity index (χ4v) is 3.79. The van der Waals surface area contributed by atoms with Crippen LogP contribution >= 0.6 is 0 Å². The van der Waals surface area contributed by atoms with Crippen molar-refractivity contribution in [2.45, 2.75) is 19.6 Å². The van der Waals surface area contributed by atoms with Crippen LogP contribution < -0.4 is 0 Å². The van der Waals surface area contributed by atoms with Crippen LogP contribution in [0.25, 0.3) is 33.3 Å². The van der Waals surface area contributed by atoms with Gasteiger partial charge >= 0.3 is 0 Å². The summed E-state index contributed by atoms with van der Waals surface area (Å²) < 4.78 is 13.9. The lowest BCUT2D eigenvalue weighted by molar-refractivity contribution is 0.432. The van der Waals surface area contributed by atoms with Crippen LogP contribution in [0.4, 0.5) is 4.39 Å². The summed E-state index contributed by atoms with van der Waals surface area (Å²) in [4.78, 5) is 4.71. The molecule has 0 saturated carbocycles. The van der Waals surface area contributed by atoms with Crippen molar-refractivity contribution in [3.8, 4) is 45.3 Å². The van der Waals surface area contributed by atoms with Gasteiger partial charge in [0, 0.05) is 22.1 Å². The summed E-state index contributed by atoms with van der Waals surface area (Å²) in [5, 5.41) is 20.7. The van der Waals surface area contributed by atoms with Gasteiger partial charge in [0.2, 0.25) is 0 Å². The largest absolute Gasteiger partial charge is 0.507 e. The van der Waals surface area contributed by atoms with Crippen molar-refractivity contribution in [2.24, 2.45) is 0 Å². The van der Waals surface area contributed by atoms with E-state index in [0.717, 1.165) is 27.6 Å². The Morgan fingerprint density at radius 3 is 2.29 bits per heavy atom. The molecule has 0 bridgehead atoms. The Kier molecular flexibility index (Phi) is 5.26. The smallest absolute Gasteiger partial charge is 0.165 e. The molecule has 0 fully saturated rings. The van der Waals surface area contributed by atoms with Crippen molar-refractivity contribution in [1.82, 2.24) is 4.98 Å². The number of aromatic nitrogens is 1. The third-order valence-corrected chi connectivity index (χ3v) is 5.71. The van der Waals surface area contributed by atoms with Gasteiger partial charge in [-0.2, -0.15) is 0 Å². The van der Waals surface area contributed by atoms with Crippen LogP contribution in [0, 0.1) is 17.3 Å². The van der Waals surface area contributed by atoms with Crippen LogP contribution in [-0.4, -0.2) is 23.3 Å². The average molecular weight is 428 g/mol. The zero-order valence-electron chi connectivity index (χ0n) is 17.6. The van der Waals surface area contributed by atoms with E-state index in [4.69, 9.17) is 4.98 Å². The summed E-state index contributed by atoms with van der Waals surface area (Å²) in [7, 11) is -1.64. The summed E-state index contributed by atoms with van der Waals surface area (Å²) in [6.07, 6.45) is 0. The lowest BCUT2D eigenvalue weighted by atomic mass is 9.99. The molecule has 0 radical (unpaired) electrons. The minimum atomic E-state index is -1.64. The first kappa shape index (κ1) is 20.6. The van der Waals surface area contributed by atoms with E-state index in [1.54, 1.807) is 18.2 Å². The highest BCUT2D eigenvalue weighted by molar-refractivity contribution is 6.83. The number of phenolic OH excluding ortho intramolecular Hbond substituents is 2. The van der Waals surface area contributed by atoms with Gasteiger partial charge < -0.3 is 10.2 Å². The van der Waals surface area contributed by atoms with Crippen molar-refractivity contribution >= 4 is 19.0 Å². The topological polar surface area (TPSA) is 53.4 Å².